The van der Waals surface area contributed by atoms with Gasteiger partial charge in [0.15, 0.2) is 0 Å². The van der Waals surface area contributed by atoms with Gasteiger partial charge in [-0.25, -0.2) is 19.2 Å². The van der Waals surface area contributed by atoms with Gasteiger partial charge in [0.1, 0.15) is 23.0 Å². The number of hydrogen-bond donors (Lipinski definition) is 0. The van der Waals surface area contributed by atoms with Gasteiger partial charge in [-0.15, -0.1) is 0 Å². The summed E-state index contributed by atoms with van der Waals surface area (Å²) in [7, 11) is 0. The minimum Gasteiger partial charge on any atom is -0.457 e. The maximum Gasteiger partial charge on any atom is 0.343 e. The van der Waals surface area contributed by atoms with E-state index in [1.807, 2.05) is 109 Å². The Morgan fingerprint density at radius 1 is 0.409 bits per heavy atom. The van der Waals surface area contributed by atoms with Gasteiger partial charge in [0, 0.05) is 22.3 Å². The number of ether oxygens (including phenoxy) is 6. The molecule has 66 heavy (non-hydrogen) atoms. The molecule has 0 aliphatic carbocycles. The predicted octanol–water partition coefficient (Wildman–Crippen LogP) is 12.3. The van der Waals surface area contributed by atoms with Crippen molar-refractivity contribution in [3.05, 3.63) is 205 Å². The molecule has 0 N–H and O–H groups in total. The Balaban J connectivity index is 1.03. The van der Waals surface area contributed by atoms with Gasteiger partial charge in [0.05, 0.1) is 11.1 Å². The van der Waals surface area contributed by atoms with E-state index in [1.54, 1.807) is 74.5 Å². The van der Waals surface area contributed by atoms with E-state index in [0.717, 1.165) is 43.8 Å². The van der Waals surface area contributed by atoms with Crippen LogP contribution >= 0.6 is 0 Å². The molecular weight excluding hydrogens is 833 g/mol. The lowest BCUT2D eigenvalue weighted by molar-refractivity contribution is -0.146. The van der Waals surface area contributed by atoms with Crippen LogP contribution in [0.25, 0.3) is 54.9 Å². The highest BCUT2D eigenvalue weighted by molar-refractivity contribution is 6.11. The maximum atomic E-state index is 14.0. The number of fused-ring (bicyclic) bond motifs is 2. The molecule has 0 saturated heterocycles. The fraction of sp³-hybridized carbons (Fsp3) is 0.0714. The Morgan fingerprint density at radius 3 is 1.09 bits per heavy atom. The second-order valence-electron chi connectivity index (χ2n) is 15.3. The molecular formula is C56H42O10. The van der Waals surface area contributed by atoms with Crippen molar-refractivity contribution in [3.8, 4) is 56.4 Å². The second-order valence-corrected chi connectivity index (χ2v) is 15.3. The standard InChI is InChI=1S/C56H42O10/c1-35(2)53(57)63-33-61-45-27-21-39(22-28-45)37-13-17-43(18-14-37)55(59)65-49-31-25-41-9-5-7-11-47(41)51(49)52-48-12-8-6-10-42(48)26-32-50(52)66-56(60)44-19-15-38(16-20-44)40-23-29-46(30-24-40)62-34-64-54(58)36(3)4/h5-32H,1,3,33-34H2,2,4H3. The van der Waals surface area contributed by atoms with E-state index in [-0.39, 0.29) is 36.2 Å². The van der Waals surface area contributed by atoms with Crippen LogP contribution in [0.15, 0.2) is 194 Å². The molecule has 0 aromatic heterocycles. The molecule has 8 aromatic rings. The zero-order chi connectivity index (χ0) is 46.2. The van der Waals surface area contributed by atoms with Crippen molar-refractivity contribution in [2.75, 3.05) is 13.6 Å². The number of hydrogen-bond acceptors (Lipinski definition) is 10. The Kier molecular flexibility index (Phi) is 13.1. The van der Waals surface area contributed by atoms with E-state index >= 15 is 0 Å². The summed E-state index contributed by atoms with van der Waals surface area (Å²) < 4.78 is 33.5. The number of benzene rings is 8. The Hall–Kier alpha value is -8.76. The fourth-order valence-electron chi connectivity index (χ4n) is 7.14. The summed E-state index contributed by atoms with van der Waals surface area (Å²) in [5.74, 6) is -0.592. The monoisotopic (exact) mass is 874 g/mol. The molecule has 8 aromatic carbocycles. The Morgan fingerprint density at radius 2 is 0.742 bits per heavy atom. The highest BCUT2D eigenvalue weighted by Crippen LogP contribution is 2.46. The molecule has 0 aliphatic rings. The van der Waals surface area contributed by atoms with E-state index in [4.69, 9.17) is 28.4 Å². The molecule has 0 fully saturated rings. The molecule has 0 saturated carbocycles. The second kappa shape index (κ2) is 19.7. The largest absolute Gasteiger partial charge is 0.457 e. The molecule has 0 heterocycles. The van der Waals surface area contributed by atoms with E-state index in [2.05, 4.69) is 13.2 Å². The van der Waals surface area contributed by atoms with Gasteiger partial charge >= 0.3 is 23.9 Å². The molecule has 0 radical (unpaired) electrons. The van der Waals surface area contributed by atoms with Gasteiger partial charge in [-0.2, -0.15) is 0 Å². The molecule has 0 aliphatic heterocycles. The van der Waals surface area contributed by atoms with Crippen molar-refractivity contribution >= 4 is 45.4 Å². The van der Waals surface area contributed by atoms with Crippen LogP contribution in [0.3, 0.4) is 0 Å². The smallest absolute Gasteiger partial charge is 0.343 e. The summed E-state index contributed by atoms with van der Waals surface area (Å²) in [6.07, 6.45) is 0. The maximum absolute atomic E-state index is 14.0. The number of rotatable bonds is 15. The Bertz CT molecular complexity index is 2920. The Labute approximate surface area is 380 Å². The minimum atomic E-state index is -0.573. The fourth-order valence-corrected chi connectivity index (χ4v) is 7.14. The molecule has 0 unspecified atom stereocenters. The highest BCUT2D eigenvalue weighted by atomic mass is 16.7. The van der Waals surface area contributed by atoms with E-state index in [9.17, 15) is 19.2 Å². The van der Waals surface area contributed by atoms with Gasteiger partial charge < -0.3 is 28.4 Å². The lowest BCUT2D eigenvalue weighted by Crippen LogP contribution is -2.11. The first-order valence-electron chi connectivity index (χ1n) is 20.8. The third-order valence-corrected chi connectivity index (χ3v) is 10.6. The van der Waals surface area contributed by atoms with Gasteiger partial charge in [-0.1, -0.05) is 122 Å². The zero-order valence-electron chi connectivity index (χ0n) is 36.1. The zero-order valence-corrected chi connectivity index (χ0v) is 36.1. The normalized spacial score (nSPS) is 10.8. The van der Waals surface area contributed by atoms with E-state index in [0.29, 0.717) is 33.8 Å². The predicted molar refractivity (Wildman–Crippen MR) is 253 cm³/mol. The highest BCUT2D eigenvalue weighted by Gasteiger charge is 2.23. The van der Waals surface area contributed by atoms with Crippen LogP contribution < -0.4 is 18.9 Å². The average Bonchev–Trinajstić information content (AvgIpc) is 3.34. The van der Waals surface area contributed by atoms with E-state index < -0.39 is 23.9 Å². The van der Waals surface area contributed by atoms with Crippen molar-refractivity contribution in [2.45, 2.75) is 13.8 Å². The number of esters is 4. The summed E-state index contributed by atoms with van der Waals surface area (Å²) in [4.78, 5) is 51.2. The average molecular weight is 875 g/mol. The molecule has 0 atom stereocenters. The molecule has 8 rings (SSSR count). The lowest BCUT2D eigenvalue weighted by atomic mass is 9.92. The summed E-state index contributed by atoms with van der Waals surface area (Å²) in [5.41, 5.74) is 5.88. The quantitative estimate of drug-likeness (QED) is 0.0425. The number of carbonyl (C=O) groups is 4. The summed E-state index contributed by atoms with van der Waals surface area (Å²) in [6.45, 7) is 9.76. The van der Waals surface area contributed by atoms with Gasteiger partial charge in [-0.05, 0) is 118 Å². The molecule has 0 spiro atoms. The number of carbonyl (C=O) groups excluding carboxylic acids is 4. The third kappa shape index (κ3) is 10.0. The van der Waals surface area contributed by atoms with Crippen molar-refractivity contribution < 1.29 is 47.6 Å². The van der Waals surface area contributed by atoms with Crippen LogP contribution in [0.1, 0.15) is 34.6 Å². The van der Waals surface area contributed by atoms with Crippen LogP contribution in [0, 0.1) is 0 Å². The minimum absolute atomic E-state index is 0.237. The van der Waals surface area contributed by atoms with E-state index in [1.165, 1.54) is 0 Å². The van der Waals surface area contributed by atoms with Gasteiger partial charge in [-0.3, -0.25) is 0 Å². The van der Waals surface area contributed by atoms with Crippen LogP contribution in [-0.4, -0.2) is 37.5 Å². The van der Waals surface area contributed by atoms with Gasteiger partial charge in [0.2, 0.25) is 13.6 Å². The molecule has 0 bridgehead atoms. The van der Waals surface area contributed by atoms with Crippen molar-refractivity contribution in [2.24, 2.45) is 0 Å². The van der Waals surface area contributed by atoms with Crippen LogP contribution in [0.2, 0.25) is 0 Å². The first-order valence-corrected chi connectivity index (χ1v) is 20.8. The molecule has 326 valence electrons. The van der Waals surface area contributed by atoms with Crippen molar-refractivity contribution in [3.63, 3.8) is 0 Å². The lowest BCUT2D eigenvalue weighted by Gasteiger charge is -2.19. The van der Waals surface area contributed by atoms with Gasteiger partial charge in [0.25, 0.3) is 0 Å². The molecule has 10 nitrogen and oxygen atoms in total. The topological polar surface area (TPSA) is 124 Å². The molecule has 10 heteroatoms. The summed E-state index contributed by atoms with van der Waals surface area (Å²) >= 11 is 0. The SMILES string of the molecule is C=C(C)C(=O)OCOc1ccc(-c2ccc(C(=O)Oc3ccc4ccccc4c3-c3c(OC(=O)c4ccc(-c5ccc(OCOC(=O)C(=C)C)cc5)cc4)ccc4ccccc34)cc2)cc1. The summed E-state index contributed by atoms with van der Waals surface area (Å²) in [5, 5.41) is 3.38. The first kappa shape index (κ1) is 43.9. The van der Waals surface area contributed by atoms with Crippen LogP contribution in [0.4, 0.5) is 0 Å². The summed E-state index contributed by atoms with van der Waals surface area (Å²) in [6, 6.07) is 51.5. The third-order valence-electron chi connectivity index (χ3n) is 10.6. The first-order chi connectivity index (χ1) is 32.0. The molecule has 0 amide bonds. The van der Waals surface area contributed by atoms with Crippen molar-refractivity contribution in [1.29, 1.82) is 0 Å². The van der Waals surface area contributed by atoms with Crippen LogP contribution in [-0.2, 0) is 19.1 Å². The van der Waals surface area contributed by atoms with Crippen molar-refractivity contribution in [1.82, 2.24) is 0 Å². The van der Waals surface area contributed by atoms with Crippen LogP contribution in [0.5, 0.6) is 23.0 Å².